The molecule has 2 aromatic rings. The van der Waals surface area contributed by atoms with Crippen molar-refractivity contribution in [2.45, 2.75) is 13.5 Å². The van der Waals surface area contributed by atoms with Crippen LogP contribution in [0.1, 0.15) is 16.7 Å². The largest absolute Gasteiger partial charge is 0.296 e. The summed E-state index contributed by atoms with van der Waals surface area (Å²) in [6.45, 7) is 6.80. The van der Waals surface area contributed by atoms with Gasteiger partial charge in [-0.05, 0) is 29.7 Å². The van der Waals surface area contributed by atoms with Crippen molar-refractivity contribution >= 4 is 23.7 Å². The number of carbonyl (C=O) groups excluding carboxylic acids is 1. The smallest absolute Gasteiger partial charge is 0.254 e. The maximum atomic E-state index is 12.1. The van der Waals surface area contributed by atoms with Crippen LogP contribution in [0.15, 0.2) is 53.6 Å². The zero-order valence-corrected chi connectivity index (χ0v) is 16.3. The quantitative estimate of drug-likeness (QED) is 0.615. The molecule has 1 saturated heterocycles. The first-order valence-electron chi connectivity index (χ1n) is 9.17. The summed E-state index contributed by atoms with van der Waals surface area (Å²) in [4.78, 5) is 16.6. The Morgan fingerprint density at radius 2 is 1.74 bits per heavy atom. The van der Waals surface area contributed by atoms with Crippen LogP contribution in [0.3, 0.4) is 0 Å². The molecular weight excluding hydrogens is 360 g/mol. The van der Waals surface area contributed by atoms with E-state index in [-0.39, 0.29) is 5.91 Å². The van der Waals surface area contributed by atoms with Gasteiger partial charge in [0, 0.05) is 37.7 Å². The topological polar surface area (TPSA) is 47.9 Å². The van der Waals surface area contributed by atoms with Gasteiger partial charge in [0.2, 0.25) is 0 Å². The van der Waals surface area contributed by atoms with Crippen LogP contribution in [-0.4, -0.2) is 54.6 Å². The van der Waals surface area contributed by atoms with Gasteiger partial charge in [-0.3, -0.25) is 14.6 Å². The van der Waals surface area contributed by atoms with E-state index in [4.69, 9.17) is 11.6 Å². The monoisotopic (exact) mass is 384 g/mol. The molecule has 6 heteroatoms. The van der Waals surface area contributed by atoms with Gasteiger partial charge in [-0.15, -0.1) is 0 Å². The maximum Gasteiger partial charge on any atom is 0.254 e. The molecule has 0 saturated carbocycles. The van der Waals surface area contributed by atoms with Crippen molar-refractivity contribution in [3.63, 3.8) is 0 Å². The number of hydrogen-bond donors (Lipinski definition) is 1. The number of nitrogens with one attached hydrogen (secondary N) is 1. The Balaban J connectivity index is 1.40. The first-order chi connectivity index (χ1) is 13.1. The van der Waals surface area contributed by atoms with Crippen molar-refractivity contribution in [1.82, 2.24) is 15.2 Å². The molecule has 0 aromatic heterocycles. The lowest BCUT2D eigenvalue weighted by atomic mass is 10.1. The summed E-state index contributed by atoms with van der Waals surface area (Å²) in [5.41, 5.74) is 5.91. The van der Waals surface area contributed by atoms with E-state index in [1.807, 2.05) is 49.4 Å². The van der Waals surface area contributed by atoms with Crippen molar-refractivity contribution in [3.05, 3.63) is 70.2 Å². The first kappa shape index (κ1) is 19.5. The molecule has 1 aliphatic heterocycles. The van der Waals surface area contributed by atoms with E-state index >= 15 is 0 Å². The number of piperazine rings is 1. The first-order valence-corrected chi connectivity index (χ1v) is 9.55. The number of hydrogen-bond acceptors (Lipinski definition) is 4. The lowest BCUT2D eigenvalue weighted by molar-refractivity contribution is -0.122. The molecule has 142 valence electrons. The van der Waals surface area contributed by atoms with Gasteiger partial charge in [0.05, 0.1) is 12.8 Å². The molecule has 0 unspecified atom stereocenters. The number of carbonyl (C=O) groups is 1. The highest BCUT2D eigenvalue weighted by Crippen LogP contribution is 2.17. The molecule has 1 aliphatic rings. The maximum absolute atomic E-state index is 12.1. The Labute approximate surface area is 165 Å². The summed E-state index contributed by atoms with van der Waals surface area (Å²) in [5, 5.41) is 4.88. The fraction of sp³-hybridized carbons (Fsp3) is 0.333. The SMILES string of the molecule is Cc1ccccc1/C=N\NC(=O)CN1CCN(Cc2ccccc2Cl)CC1. The van der Waals surface area contributed by atoms with Crippen molar-refractivity contribution in [1.29, 1.82) is 0 Å². The third-order valence-electron chi connectivity index (χ3n) is 4.77. The fourth-order valence-corrected chi connectivity index (χ4v) is 3.31. The Morgan fingerprint density at radius 1 is 1.07 bits per heavy atom. The molecule has 5 nitrogen and oxygen atoms in total. The zero-order valence-electron chi connectivity index (χ0n) is 15.6. The van der Waals surface area contributed by atoms with E-state index in [2.05, 4.69) is 26.4 Å². The Morgan fingerprint density at radius 3 is 2.48 bits per heavy atom. The summed E-state index contributed by atoms with van der Waals surface area (Å²) in [5.74, 6) is -0.0839. The second-order valence-electron chi connectivity index (χ2n) is 6.79. The minimum atomic E-state index is -0.0839. The highest BCUT2D eigenvalue weighted by molar-refractivity contribution is 6.31. The molecule has 0 bridgehead atoms. The van der Waals surface area contributed by atoms with Gasteiger partial charge in [0.1, 0.15) is 0 Å². The highest BCUT2D eigenvalue weighted by Gasteiger charge is 2.19. The number of hydrazone groups is 1. The third kappa shape index (κ3) is 5.89. The molecule has 3 rings (SSSR count). The van der Waals surface area contributed by atoms with Crippen LogP contribution in [0.25, 0.3) is 0 Å². The van der Waals surface area contributed by atoms with Crippen LogP contribution >= 0.6 is 11.6 Å². The summed E-state index contributed by atoms with van der Waals surface area (Å²) in [6.07, 6.45) is 1.69. The second kappa shape index (κ2) is 9.65. The number of aryl methyl sites for hydroxylation is 1. The van der Waals surface area contributed by atoms with Gasteiger partial charge in [0.15, 0.2) is 0 Å². The van der Waals surface area contributed by atoms with Crippen LogP contribution in [0.4, 0.5) is 0 Å². The molecule has 0 spiro atoms. The molecule has 1 fully saturated rings. The van der Waals surface area contributed by atoms with Crippen molar-refractivity contribution < 1.29 is 4.79 Å². The van der Waals surface area contributed by atoms with Gasteiger partial charge in [-0.1, -0.05) is 54.1 Å². The number of amides is 1. The lowest BCUT2D eigenvalue weighted by Gasteiger charge is -2.34. The van der Waals surface area contributed by atoms with Crippen LogP contribution in [-0.2, 0) is 11.3 Å². The van der Waals surface area contributed by atoms with Crippen molar-refractivity contribution in [2.24, 2.45) is 5.10 Å². The van der Waals surface area contributed by atoms with Crippen LogP contribution in [0.5, 0.6) is 0 Å². The van der Waals surface area contributed by atoms with Crippen LogP contribution in [0, 0.1) is 6.92 Å². The second-order valence-corrected chi connectivity index (χ2v) is 7.20. The minimum Gasteiger partial charge on any atom is -0.296 e. The van der Waals surface area contributed by atoms with E-state index in [1.54, 1.807) is 6.21 Å². The molecule has 1 heterocycles. The van der Waals surface area contributed by atoms with E-state index in [9.17, 15) is 4.79 Å². The van der Waals surface area contributed by atoms with Crippen LogP contribution < -0.4 is 5.43 Å². The Hall–Kier alpha value is -2.21. The van der Waals surface area contributed by atoms with E-state index in [0.717, 1.165) is 54.4 Å². The zero-order chi connectivity index (χ0) is 19.1. The summed E-state index contributed by atoms with van der Waals surface area (Å²) >= 11 is 6.24. The van der Waals surface area contributed by atoms with E-state index in [0.29, 0.717) is 6.54 Å². The number of nitrogens with zero attached hydrogens (tertiary/aromatic N) is 3. The average molecular weight is 385 g/mol. The Kier molecular flexibility index (Phi) is 6.98. The molecule has 27 heavy (non-hydrogen) atoms. The van der Waals surface area contributed by atoms with E-state index in [1.165, 1.54) is 0 Å². The van der Waals surface area contributed by atoms with Gasteiger partial charge in [-0.2, -0.15) is 5.10 Å². The molecule has 1 N–H and O–H groups in total. The summed E-state index contributed by atoms with van der Waals surface area (Å²) in [6, 6.07) is 15.9. The summed E-state index contributed by atoms with van der Waals surface area (Å²) < 4.78 is 0. The predicted molar refractivity (Wildman–Crippen MR) is 110 cm³/mol. The number of rotatable bonds is 6. The molecule has 1 amide bonds. The third-order valence-corrected chi connectivity index (χ3v) is 5.13. The normalized spacial score (nSPS) is 15.9. The van der Waals surface area contributed by atoms with Gasteiger partial charge in [0.25, 0.3) is 5.91 Å². The van der Waals surface area contributed by atoms with E-state index < -0.39 is 0 Å². The molecule has 0 aliphatic carbocycles. The van der Waals surface area contributed by atoms with Crippen LogP contribution in [0.2, 0.25) is 5.02 Å². The predicted octanol–water partition coefficient (Wildman–Crippen LogP) is 2.92. The minimum absolute atomic E-state index is 0.0839. The number of benzene rings is 2. The highest BCUT2D eigenvalue weighted by atomic mass is 35.5. The Bertz CT molecular complexity index is 800. The molecule has 2 aromatic carbocycles. The van der Waals surface area contributed by atoms with Crippen molar-refractivity contribution in [3.8, 4) is 0 Å². The standard InChI is InChI=1S/C21H25ClN4O/c1-17-6-2-3-7-18(17)14-23-24-21(27)16-26-12-10-25(11-13-26)15-19-8-4-5-9-20(19)22/h2-9,14H,10-13,15-16H2,1H3,(H,24,27)/b23-14-. The van der Waals surface area contributed by atoms with Gasteiger partial charge in [-0.25, -0.2) is 5.43 Å². The van der Waals surface area contributed by atoms with Gasteiger partial charge >= 0.3 is 0 Å². The average Bonchev–Trinajstić information content (AvgIpc) is 2.67. The van der Waals surface area contributed by atoms with Gasteiger partial charge < -0.3 is 0 Å². The molecule has 0 radical (unpaired) electrons. The summed E-state index contributed by atoms with van der Waals surface area (Å²) in [7, 11) is 0. The molecular formula is C21H25ClN4O. The molecule has 0 atom stereocenters. The van der Waals surface area contributed by atoms with Crippen molar-refractivity contribution in [2.75, 3.05) is 32.7 Å². The number of halogens is 1. The fourth-order valence-electron chi connectivity index (χ4n) is 3.12. The lowest BCUT2D eigenvalue weighted by Crippen LogP contribution is -2.48.